The fourth-order valence-corrected chi connectivity index (χ4v) is 2.05. The first-order valence-electron chi connectivity index (χ1n) is 6.22. The first-order chi connectivity index (χ1) is 7.77. The summed E-state index contributed by atoms with van der Waals surface area (Å²) in [5.41, 5.74) is 9.34. The average Bonchev–Trinajstić information content (AvgIpc) is 2.23. The third-order valence-electron chi connectivity index (χ3n) is 3.48. The van der Waals surface area contributed by atoms with E-state index in [1.165, 1.54) is 11.1 Å². The van der Waals surface area contributed by atoms with E-state index in [9.17, 15) is 5.11 Å². The Morgan fingerprint density at radius 1 is 1.18 bits per heavy atom. The molecule has 0 spiro atoms. The SMILES string of the molecule is Cc1ccc(C(CN)C(O)C(C)(C)C)cc1C. The van der Waals surface area contributed by atoms with E-state index in [4.69, 9.17) is 5.73 Å². The van der Waals surface area contributed by atoms with Gasteiger partial charge in [-0.05, 0) is 36.0 Å². The molecule has 0 radical (unpaired) electrons. The Balaban J connectivity index is 3.05. The predicted octanol–water partition coefficient (Wildman–Crippen LogP) is 2.75. The minimum Gasteiger partial charge on any atom is -0.392 e. The molecule has 2 nitrogen and oxygen atoms in total. The summed E-state index contributed by atoms with van der Waals surface area (Å²) in [5, 5.41) is 10.4. The van der Waals surface area contributed by atoms with Gasteiger partial charge < -0.3 is 10.8 Å². The molecule has 0 aromatic heterocycles. The lowest BCUT2D eigenvalue weighted by atomic mass is 9.78. The smallest absolute Gasteiger partial charge is 0.0669 e. The molecule has 1 aromatic carbocycles. The monoisotopic (exact) mass is 235 g/mol. The summed E-state index contributed by atoms with van der Waals surface area (Å²) in [7, 11) is 0. The summed E-state index contributed by atoms with van der Waals surface area (Å²) >= 11 is 0. The highest BCUT2D eigenvalue weighted by atomic mass is 16.3. The fraction of sp³-hybridized carbons (Fsp3) is 0.600. The van der Waals surface area contributed by atoms with Crippen molar-refractivity contribution in [2.24, 2.45) is 11.1 Å². The van der Waals surface area contributed by atoms with Crippen LogP contribution in [0.2, 0.25) is 0 Å². The zero-order valence-electron chi connectivity index (χ0n) is 11.6. The van der Waals surface area contributed by atoms with E-state index >= 15 is 0 Å². The van der Waals surface area contributed by atoms with Gasteiger partial charge in [0.25, 0.3) is 0 Å². The van der Waals surface area contributed by atoms with Gasteiger partial charge in [-0.15, -0.1) is 0 Å². The maximum Gasteiger partial charge on any atom is 0.0669 e. The van der Waals surface area contributed by atoms with Crippen molar-refractivity contribution >= 4 is 0 Å². The predicted molar refractivity (Wildman–Crippen MR) is 73.2 cm³/mol. The summed E-state index contributed by atoms with van der Waals surface area (Å²) in [6.45, 7) is 10.8. The molecule has 0 aliphatic carbocycles. The van der Waals surface area contributed by atoms with E-state index in [-0.39, 0.29) is 11.3 Å². The summed E-state index contributed by atoms with van der Waals surface area (Å²) in [5.74, 6) is 0.00861. The zero-order chi connectivity index (χ0) is 13.2. The van der Waals surface area contributed by atoms with Crippen molar-refractivity contribution in [1.29, 1.82) is 0 Å². The largest absolute Gasteiger partial charge is 0.392 e. The maximum atomic E-state index is 10.4. The van der Waals surface area contributed by atoms with Gasteiger partial charge in [0.2, 0.25) is 0 Å². The Morgan fingerprint density at radius 3 is 2.18 bits per heavy atom. The van der Waals surface area contributed by atoms with E-state index in [0.717, 1.165) is 5.56 Å². The zero-order valence-corrected chi connectivity index (χ0v) is 11.6. The van der Waals surface area contributed by atoms with Crippen molar-refractivity contribution in [2.45, 2.75) is 46.6 Å². The topological polar surface area (TPSA) is 46.2 Å². The highest BCUT2D eigenvalue weighted by Crippen LogP contribution is 2.31. The second kappa shape index (κ2) is 5.19. The molecule has 0 aliphatic rings. The molecule has 0 saturated heterocycles. The molecule has 1 aromatic rings. The molecule has 2 heteroatoms. The number of rotatable bonds is 3. The van der Waals surface area contributed by atoms with Crippen LogP contribution in [0.1, 0.15) is 43.4 Å². The molecule has 3 N–H and O–H groups in total. The molecular formula is C15H25NO. The Bertz CT molecular complexity index is 379. The standard InChI is InChI=1S/C15H25NO/c1-10-6-7-12(8-11(10)2)13(9-16)14(17)15(3,4)5/h6-8,13-14,17H,9,16H2,1-5H3. The van der Waals surface area contributed by atoms with Crippen molar-refractivity contribution in [3.05, 3.63) is 34.9 Å². The van der Waals surface area contributed by atoms with E-state index < -0.39 is 6.10 Å². The highest BCUT2D eigenvalue weighted by molar-refractivity contribution is 5.33. The van der Waals surface area contributed by atoms with Crippen LogP contribution in [0.25, 0.3) is 0 Å². The third kappa shape index (κ3) is 3.30. The van der Waals surface area contributed by atoms with Gasteiger partial charge in [-0.3, -0.25) is 0 Å². The van der Waals surface area contributed by atoms with Gasteiger partial charge in [0.15, 0.2) is 0 Å². The van der Waals surface area contributed by atoms with Crippen LogP contribution in [0, 0.1) is 19.3 Å². The lowest BCUT2D eigenvalue weighted by Gasteiger charge is -2.33. The van der Waals surface area contributed by atoms with Gasteiger partial charge in [-0.1, -0.05) is 39.0 Å². The van der Waals surface area contributed by atoms with Gasteiger partial charge in [0.05, 0.1) is 6.10 Å². The van der Waals surface area contributed by atoms with Gasteiger partial charge in [-0.2, -0.15) is 0 Å². The van der Waals surface area contributed by atoms with Crippen molar-refractivity contribution in [3.8, 4) is 0 Å². The maximum absolute atomic E-state index is 10.4. The Hall–Kier alpha value is -0.860. The number of hydrogen-bond acceptors (Lipinski definition) is 2. The summed E-state index contributed by atoms with van der Waals surface area (Å²) in [4.78, 5) is 0. The van der Waals surface area contributed by atoms with Crippen LogP contribution >= 0.6 is 0 Å². The van der Waals surface area contributed by atoms with Crippen LogP contribution in [0.4, 0.5) is 0 Å². The van der Waals surface area contributed by atoms with E-state index in [0.29, 0.717) is 6.54 Å². The third-order valence-corrected chi connectivity index (χ3v) is 3.48. The molecule has 2 atom stereocenters. The molecule has 0 heterocycles. The number of aryl methyl sites for hydroxylation is 2. The summed E-state index contributed by atoms with van der Waals surface area (Å²) < 4.78 is 0. The summed E-state index contributed by atoms with van der Waals surface area (Å²) in [6, 6.07) is 6.32. The van der Waals surface area contributed by atoms with Crippen molar-refractivity contribution in [2.75, 3.05) is 6.54 Å². The molecule has 0 bridgehead atoms. The van der Waals surface area contributed by atoms with Crippen molar-refractivity contribution < 1.29 is 5.11 Å². The minimum absolute atomic E-state index is 0.00861. The van der Waals surface area contributed by atoms with E-state index in [1.807, 2.05) is 20.8 Å². The van der Waals surface area contributed by atoms with Crippen molar-refractivity contribution in [1.82, 2.24) is 0 Å². The number of aliphatic hydroxyl groups is 1. The van der Waals surface area contributed by atoms with Crippen LogP contribution in [0.15, 0.2) is 18.2 Å². The molecule has 17 heavy (non-hydrogen) atoms. The van der Waals surface area contributed by atoms with E-state index in [2.05, 4.69) is 32.0 Å². The average molecular weight is 235 g/mol. The van der Waals surface area contributed by atoms with Crippen LogP contribution in [0.5, 0.6) is 0 Å². The number of nitrogens with two attached hydrogens (primary N) is 1. The van der Waals surface area contributed by atoms with Crippen LogP contribution in [0.3, 0.4) is 0 Å². The molecule has 2 unspecified atom stereocenters. The molecule has 1 rings (SSSR count). The van der Waals surface area contributed by atoms with Crippen LogP contribution < -0.4 is 5.73 Å². The number of aliphatic hydroxyl groups excluding tert-OH is 1. The molecule has 0 fully saturated rings. The van der Waals surface area contributed by atoms with Gasteiger partial charge >= 0.3 is 0 Å². The molecular weight excluding hydrogens is 210 g/mol. The Kier molecular flexibility index (Phi) is 4.34. The second-order valence-electron chi connectivity index (χ2n) is 6.00. The first-order valence-corrected chi connectivity index (χ1v) is 6.22. The van der Waals surface area contributed by atoms with Crippen LogP contribution in [-0.4, -0.2) is 17.8 Å². The van der Waals surface area contributed by atoms with Gasteiger partial charge in [0.1, 0.15) is 0 Å². The lowest BCUT2D eigenvalue weighted by molar-refractivity contribution is 0.0407. The lowest BCUT2D eigenvalue weighted by Crippen LogP contribution is -2.36. The van der Waals surface area contributed by atoms with Gasteiger partial charge in [0, 0.05) is 12.5 Å². The highest BCUT2D eigenvalue weighted by Gasteiger charge is 2.30. The fourth-order valence-electron chi connectivity index (χ4n) is 2.05. The molecule has 96 valence electrons. The van der Waals surface area contributed by atoms with Crippen LogP contribution in [-0.2, 0) is 0 Å². The number of hydrogen-bond donors (Lipinski definition) is 2. The normalized spacial score (nSPS) is 15.7. The Morgan fingerprint density at radius 2 is 1.76 bits per heavy atom. The Labute approximate surface area is 105 Å². The second-order valence-corrected chi connectivity index (χ2v) is 6.00. The minimum atomic E-state index is -0.422. The molecule has 0 saturated carbocycles. The number of benzene rings is 1. The van der Waals surface area contributed by atoms with Crippen molar-refractivity contribution in [3.63, 3.8) is 0 Å². The van der Waals surface area contributed by atoms with Gasteiger partial charge in [-0.25, -0.2) is 0 Å². The molecule has 0 amide bonds. The summed E-state index contributed by atoms with van der Waals surface area (Å²) in [6.07, 6.45) is -0.422. The molecule has 0 aliphatic heterocycles. The van der Waals surface area contributed by atoms with E-state index in [1.54, 1.807) is 0 Å². The first kappa shape index (κ1) is 14.2. The quantitative estimate of drug-likeness (QED) is 0.846.